The molecule has 0 radical (unpaired) electrons. The van der Waals surface area contributed by atoms with Gasteiger partial charge in [0.1, 0.15) is 0 Å². The molecule has 0 amide bonds. The largest absolute Gasteiger partial charge is 1.00 e. The zero-order valence-electron chi connectivity index (χ0n) is 18.9. The molecule has 0 bridgehead atoms. The fourth-order valence-corrected chi connectivity index (χ4v) is 4.69. The van der Waals surface area contributed by atoms with Crippen LogP contribution in [0.3, 0.4) is 0 Å². The van der Waals surface area contributed by atoms with Crippen molar-refractivity contribution in [1.82, 2.24) is 0 Å². The molecular formula is C26H32Cl2SiZr-2. The summed E-state index contributed by atoms with van der Waals surface area (Å²) in [5.74, 6) is 0. The Balaban J connectivity index is 0.000000479. The smallest absolute Gasteiger partial charge is 0.0253 e. The monoisotopic (exact) mass is 532 g/mol. The fraction of sp³-hybridized carbons (Fsp3) is 0.346. The Kier molecular flexibility index (Phi) is 14.3. The molecule has 0 saturated heterocycles. The number of halogens is 2. The number of benzene rings is 2. The van der Waals surface area contributed by atoms with E-state index >= 15 is 0 Å². The summed E-state index contributed by atoms with van der Waals surface area (Å²) in [7, 11) is 0. The van der Waals surface area contributed by atoms with Crippen LogP contribution in [0.15, 0.2) is 60.7 Å². The van der Waals surface area contributed by atoms with Crippen LogP contribution < -0.4 is 24.8 Å². The summed E-state index contributed by atoms with van der Waals surface area (Å²) in [6.07, 6.45) is 1.05. The summed E-state index contributed by atoms with van der Waals surface area (Å²) < 4.78 is 0. The van der Waals surface area contributed by atoms with Crippen molar-refractivity contribution in [2.45, 2.75) is 59.0 Å². The molecule has 4 heteroatoms. The average Bonchev–Trinajstić information content (AvgIpc) is 3.31. The number of aryl methyl sites for hydroxylation is 2. The molecule has 0 nitrogen and oxygen atoms in total. The maximum Gasteiger partial charge on any atom is -0.0253 e. The molecule has 0 fully saturated rings. The van der Waals surface area contributed by atoms with E-state index in [1.165, 1.54) is 33.4 Å². The van der Waals surface area contributed by atoms with Crippen LogP contribution in [-0.4, -0.2) is 5.43 Å². The van der Waals surface area contributed by atoms with Crippen molar-refractivity contribution in [3.8, 4) is 11.1 Å². The Morgan fingerprint density at radius 1 is 0.900 bits per heavy atom. The van der Waals surface area contributed by atoms with Gasteiger partial charge in [-0.15, -0.1) is 11.1 Å². The van der Waals surface area contributed by atoms with Gasteiger partial charge in [-0.1, -0.05) is 36.2 Å². The van der Waals surface area contributed by atoms with E-state index in [1.807, 2.05) is 30.3 Å². The van der Waals surface area contributed by atoms with Gasteiger partial charge < -0.3 is 24.8 Å². The van der Waals surface area contributed by atoms with E-state index < -0.39 is 0 Å². The maximum atomic E-state index is 3.45. The van der Waals surface area contributed by atoms with Crippen molar-refractivity contribution in [2.24, 2.45) is 0 Å². The third-order valence-electron chi connectivity index (χ3n) is 4.89. The van der Waals surface area contributed by atoms with E-state index in [2.05, 4.69) is 77.9 Å². The summed E-state index contributed by atoms with van der Waals surface area (Å²) in [5, 5.41) is 0. The van der Waals surface area contributed by atoms with Gasteiger partial charge in [0.25, 0.3) is 0 Å². The van der Waals surface area contributed by atoms with Gasteiger partial charge in [0.2, 0.25) is 0 Å². The number of hydrogen-bond donors (Lipinski definition) is 0. The van der Waals surface area contributed by atoms with Gasteiger partial charge in [-0.3, -0.25) is 0 Å². The summed E-state index contributed by atoms with van der Waals surface area (Å²) in [6, 6.07) is 24.5. The molecular weight excluding hydrogens is 503 g/mol. The molecule has 1 aliphatic rings. The molecule has 0 N–H and O–H groups in total. The van der Waals surface area contributed by atoms with Gasteiger partial charge >= 0.3 is 67.5 Å². The van der Waals surface area contributed by atoms with E-state index in [0.29, 0.717) is 0 Å². The molecule has 1 aliphatic carbocycles. The van der Waals surface area contributed by atoms with Crippen molar-refractivity contribution in [2.75, 3.05) is 0 Å². The molecule has 3 aromatic rings. The quantitative estimate of drug-likeness (QED) is 0.270. The van der Waals surface area contributed by atoms with Gasteiger partial charge in [-0.05, 0) is 18.9 Å². The minimum absolute atomic E-state index is 0. The third-order valence-corrected chi connectivity index (χ3v) is 15.9. The Bertz CT molecular complexity index is 823. The Labute approximate surface area is 211 Å². The molecule has 0 spiro atoms. The summed E-state index contributed by atoms with van der Waals surface area (Å²) in [6.45, 7) is 13.7. The molecule has 0 atom stereocenters. The summed E-state index contributed by atoms with van der Waals surface area (Å²) in [4.78, 5) is 0. The van der Waals surface area contributed by atoms with Crippen LogP contribution in [0.2, 0.25) is 11.1 Å². The van der Waals surface area contributed by atoms with E-state index in [-0.39, 0.29) is 30.2 Å². The van der Waals surface area contributed by atoms with Gasteiger partial charge in [-0.2, -0.15) is 42.0 Å². The zero-order chi connectivity index (χ0) is 20.7. The minimum atomic E-state index is 0. The van der Waals surface area contributed by atoms with Crippen LogP contribution in [-0.2, 0) is 29.8 Å². The first kappa shape index (κ1) is 29.5. The number of rotatable bonds is 2. The Hall–Kier alpha value is -0.530. The van der Waals surface area contributed by atoms with Crippen molar-refractivity contribution >= 4 is 5.43 Å². The van der Waals surface area contributed by atoms with Crippen LogP contribution in [0.25, 0.3) is 11.1 Å². The van der Waals surface area contributed by atoms with Gasteiger partial charge in [0, 0.05) is 0 Å². The van der Waals surface area contributed by atoms with Crippen LogP contribution in [0.4, 0.5) is 0 Å². The predicted molar refractivity (Wildman–Crippen MR) is 121 cm³/mol. The SMILES string of the molecule is CC(C)[Si](=[Zr+2])C(C)C.Cc1[c-]c2c(cc1)-c1ccc(C)cc1C2.[Cl-].[Cl-].c1cc[cH-]c1. The maximum absolute atomic E-state index is 3.45. The van der Waals surface area contributed by atoms with Gasteiger partial charge in [0.15, 0.2) is 0 Å². The molecule has 0 saturated carbocycles. The van der Waals surface area contributed by atoms with E-state index in [0.717, 1.165) is 17.5 Å². The van der Waals surface area contributed by atoms with E-state index in [1.54, 1.807) is 23.3 Å². The van der Waals surface area contributed by atoms with Crippen LogP contribution in [0.5, 0.6) is 0 Å². The molecule has 0 heterocycles. The fourth-order valence-electron chi connectivity index (χ4n) is 3.36. The first-order chi connectivity index (χ1) is 13.3. The molecule has 4 rings (SSSR count). The second-order valence-electron chi connectivity index (χ2n) is 8.10. The second kappa shape index (κ2) is 14.5. The van der Waals surface area contributed by atoms with Crippen molar-refractivity contribution in [3.05, 3.63) is 89.0 Å². The number of hydrogen-bond acceptors (Lipinski definition) is 0. The topological polar surface area (TPSA) is 0 Å². The standard InChI is InChI=1S/C15H13.C6H14Si.C5H5.2ClH.Zr/c1-10-3-5-14-12(7-10)9-13-8-11(2)4-6-15(13)14;1-5(2)7-6(3)4;1-2-4-5-3-1;;;/h3-7H,9H2,1-2H3;5-6H,1-4H3;1-5H;2*1H;/q-1;;-1;;;+2/p-2. The zero-order valence-corrected chi connectivity index (χ0v) is 23.9. The molecule has 0 aliphatic heterocycles. The van der Waals surface area contributed by atoms with Gasteiger partial charge in [0.05, 0.1) is 0 Å². The third kappa shape index (κ3) is 8.91. The summed E-state index contributed by atoms with van der Waals surface area (Å²) >= 11 is 1.80. The minimum Gasteiger partial charge on any atom is -1.00 e. The average molecular weight is 535 g/mol. The van der Waals surface area contributed by atoms with E-state index in [4.69, 9.17) is 0 Å². The molecule has 30 heavy (non-hydrogen) atoms. The van der Waals surface area contributed by atoms with E-state index in [9.17, 15) is 0 Å². The Morgan fingerprint density at radius 3 is 1.93 bits per heavy atom. The van der Waals surface area contributed by atoms with Crippen LogP contribution in [0.1, 0.15) is 49.9 Å². The predicted octanol–water partition coefficient (Wildman–Crippen LogP) is 1.43. The van der Waals surface area contributed by atoms with Crippen molar-refractivity contribution in [3.63, 3.8) is 0 Å². The molecule has 160 valence electrons. The normalized spacial score (nSPS) is 10.5. The number of fused-ring (bicyclic) bond motifs is 3. The van der Waals surface area contributed by atoms with Crippen LogP contribution in [0, 0.1) is 19.9 Å². The Morgan fingerprint density at radius 2 is 1.47 bits per heavy atom. The summed E-state index contributed by atoms with van der Waals surface area (Å²) in [5.41, 5.74) is 10.2. The van der Waals surface area contributed by atoms with Crippen molar-refractivity contribution < 1.29 is 48.1 Å². The van der Waals surface area contributed by atoms with Gasteiger partial charge in [-0.25, -0.2) is 12.1 Å². The molecule has 0 aromatic heterocycles. The van der Waals surface area contributed by atoms with Crippen molar-refractivity contribution in [1.29, 1.82) is 0 Å². The first-order valence-electron chi connectivity index (χ1n) is 10.2. The molecule has 3 aromatic carbocycles. The second-order valence-corrected chi connectivity index (χ2v) is 15.6. The van der Waals surface area contributed by atoms with Crippen LogP contribution >= 0.6 is 0 Å². The molecule has 0 unspecified atom stereocenters. The first-order valence-corrected chi connectivity index (χ1v) is 15.5.